The summed E-state index contributed by atoms with van der Waals surface area (Å²) < 4.78 is 0. The van der Waals surface area contributed by atoms with Crippen LogP contribution < -0.4 is 0 Å². The summed E-state index contributed by atoms with van der Waals surface area (Å²) in [5.41, 5.74) is -0.793. The lowest BCUT2D eigenvalue weighted by atomic mass is 9.88. The van der Waals surface area contributed by atoms with Crippen molar-refractivity contribution < 1.29 is 9.90 Å². The van der Waals surface area contributed by atoms with E-state index in [2.05, 4.69) is 32.8 Å². The predicted octanol–water partition coefficient (Wildman–Crippen LogP) is 2.26. The molecular weight excluding hydrogens is 252 g/mol. The lowest BCUT2D eigenvalue weighted by molar-refractivity contribution is -0.138. The smallest absolute Gasteiger partial charge is 0.225 e. The van der Waals surface area contributed by atoms with Gasteiger partial charge in [-0.15, -0.1) is 0 Å². The van der Waals surface area contributed by atoms with Gasteiger partial charge < -0.3 is 14.9 Å². The Hall–Kier alpha value is -0.610. The van der Waals surface area contributed by atoms with E-state index in [1.165, 1.54) is 0 Å². The fourth-order valence-corrected chi connectivity index (χ4v) is 3.26. The van der Waals surface area contributed by atoms with Gasteiger partial charge in [-0.2, -0.15) is 0 Å². The molecule has 0 aromatic rings. The van der Waals surface area contributed by atoms with E-state index >= 15 is 0 Å². The molecular formula is C16H32N2O2. The molecule has 0 atom stereocenters. The highest BCUT2D eigenvalue weighted by atomic mass is 16.3. The van der Waals surface area contributed by atoms with Gasteiger partial charge in [0.05, 0.1) is 12.0 Å². The Morgan fingerprint density at radius 1 is 1.20 bits per heavy atom. The van der Waals surface area contributed by atoms with Crippen molar-refractivity contribution in [2.75, 3.05) is 27.2 Å². The maximum Gasteiger partial charge on any atom is 0.225 e. The van der Waals surface area contributed by atoms with E-state index in [-0.39, 0.29) is 5.91 Å². The third-order valence-corrected chi connectivity index (χ3v) is 4.46. The Balaban J connectivity index is 2.50. The molecule has 0 saturated carbocycles. The number of carbonyl (C=O) groups is 1. The molecule has 1 rings (SSSR count). The van der Waals surface area contributed by atoms with Crippen LogP contribution in [0.2, 0.25) is 0 Å². The molecule has 1 saturated heterocycles. The van der Waals surface area contributed by atoms with Gasteiger partial charge in [-0.3, -0.25) is 4.79 Å². The van der Waals surface area contributed by atoms with Crippen molar-refractivity contribution in [3.8, 4) is 0 Å². The maximum atomic E-state index is 12.4. The average Bonchev–Trinajstić information content (AvgIpc) is 2.39. The van der Waals surface area contributed by atoms with Gasteiger partial charge in [0.2, 0.25) is 5.91 Å². The lowest BCUT2D eigenvalue weighted by Crippen LogP contribution is -2.46. The van der Waals surface area contributed by atoms with Gasteiger partial charge in [0, 0.05) is 19.1 Å². The second-order valence-corrected chi connectivity index (χ2v) is 6.48. The molecule has 118 valence electrons. The highest BCUT2D eigenvalue weighted by Gasteiger charge is 2.32. The predicted molar refractivity (Wildman–Crippen MR) is 82.7 cm³/mol. The molecule has 4 heteroatoms. The van der Waals surface area contributed by atoms with Gasteiger partial charge in [0.25, 0.3) is 0 Å². The number of rotatable bonds is 7. The molecule has 20 heavy (non-hydrogen) atoms. The molecule has 0 aliphatic carbocycles. The van der Waals surface area contributed by atoms with Crippen molar-refractivity contribution in [2.24, 2.45) is 0 Å². The average molecular weight is 284 g/mol. The van der Waals surface area contributed by atoms with Crippen molar-refractivity contribution >= 4 is 5.91 Å². The first-order chi connectivity index (χ1) is 9.41. The van der Waals surface area contributed by atoms with Crippen LogP contribution in [0.15, 0.2) is 0 Å². The van der Waals surface area contributed by atoms with Crippen molar-refractivity contribution in [3.63, 3.8) is 0 Å². The Kier molecular flexibility index (Phi) is 6.96. The minimum atomic E-state index is -0.793. The number of likely N-dealkylation sites (tertiary alicyclic amines) is 1. The molecule has 1 heterocycles. The minimum Gasteiger partial charge on any atom is -0.389 e. The number of amides is 1. The number of aliphatic hydroxyl groups is 1. The van der Waals surface area contributed by atoms with Gasteiger partial charge in [-0.1, -0.05) is 26.7 Å². The summed E-state index contributed by atoms with van der Waals surface area (Å²) in [6, 6.07) is 0.587. The first-order valence-electron chi connectivity index (χ1n) is 8.08. The third kappa shape index (κ3) is 5.06. The van der Waals surface area contributed by atoms with Crippen LogP contribution in [0, 0.1) is 0 Å². The van der Waals surface area contributed by atoms with Crippen LogP contribution in [0.1, 0.15) is 58.8 Å². The second-order valence-electron chi connectivity index (χ2n) is 6.48. The van der Waals surface area contributed by atoms with Crippen LogP contribution >= 0.6 is 0 Å². The summed E-state index contributed by atoms with van der Waals surface area (Å²) in [6.07, 6.45) is 5.67. The molecule has 1 amide bonds. The number of piperidine rings is 1. The Morgan fingerprint density at radius 3 is 2.10 bits per heavy atom. The quantitative estimate of drug-likeness (QED) is 0.780. The Bertz CT molecular complexity index is 291. The van der Waals surface area contributed by atoms with Crippen molar-refractivity contribution in [2.45, 2.75) is 70.4 Å². The first kappa shape index (κ1) is 17.4. The fraction of sp³-hybridized carbons (Fsp3) is 0.938. The van der Waals surface area contributed by atoms with Crippen LogP contribution in [0.3, 0.4) is 0 Å². The summed E-state index contributed by atoms with van der Waals surface area (Å²) in [7, 11) is 4.20. The zero-order chi connectivity index (χ0) is 15.2. The van der Waals surface area contributed by atoms with Crippen molar-refractivity contribution in [3.05, 3.63) is 0 Å². The van der Waals surface area contributed by atoms with Gasteiger partial charge in [0.15, 0.2) is 0 Å². The fourth-order valence-electron chi connectivity index (χ4n) is 3.26. The summed E-state index contributed by atoms with van der Waals surface area (Å²) in [5, 5.41) is 10.6. The van der Waals surface area contributed by atoms with E-state index in [1.807, 2.05) is 4.90 Å². The number of hydrogen-bond donors (Lipinski definition) is 1. The van der Waals surface area contributed by atoms with Gasteiger partial charge in [0.1, 0.15) is 0 Å². The lowest BCUT2D eigenvalue weighted by Gasteiger charge is -2.37. The van der Waals surface area contributed by atoms with E-state index in [9.17, 15) is 9.90 Å². The monoisotopic (exact) mass is 284 g/mol. The second kappa shape index (κ2) is 7.99. The van der Waals surface area contributed by atoms with E-state index < -0.39 is 5.60 Å². The zero-order valence-electron chi connectivity index (χ0n) is 13.7. The van der Waals surface area contributed by atoms with E-state index in [4.69, 9.17) is 0 Å². The molecule has 0 aromatic carbocycles. The zero-order valence-corrected chi connectivity index (χ0v) is 13.7. The normalized spacial score (nSPS) is 17.8. The number of carbonyl (C=O) groups excluding carboxylic acids is 1. The van der Waals surface area contributed by atoms with Crippen LogP contribution in [0.25, 0.3) is 0 Å². The molecule has 1 fully saturated rings. The van der Waals surface area contributed by atoms with Crippen molar-refractivity contribution in [1.82, 2.24) is 9.80 Å². The van der Waals surface area contributed by atoms with Gasteiger partial charge >= 0.3 is 0 Å². The highest BCUT2D eigenvalue weighted by Crippen LogP contribution is 2.25. The molecule has 1 N–H and O–H groups in total. The first-order valence-corrected chi connectivity index (χ1v) is 8.08. The minimum absolute atomic E-state index is 0.131. The summed E-state index contributed by atoms with van der Waals surface area (Å²) in [6.45, 7) is 5.79. The van der Waals surface area contributed by atoms with Gasteiger partial charge in [-0.25, -0.2) is 0 Å². The number of hydrogen-bond acceptors (Lipinski definition) is 3. The van der Waals surface area contributed by atoms with E-state index in [0.29, 0.717) is 12.5 Å². The summed E-state index contributed by atoms with van der Waals surface area (Å²) >= 11 is 0. The van der Waals surface area contributed by atoms with Crippen LogP contribution in [0.5, 0.6) is 0 Å². The van der Waals surface area contributed by atoms with Crippen LogP contribution in [-0.2, 0) is 4.79 Å². The number of nitrogens with zero attached hydrogens (tertiary/aromatic N) is 2. The highest BCUT2D eigenvalue weighted by molar-refractivity contribution is 5.77. The SMILES string of the molecule is CCCC(O)(CCC)CC(=O)N1CCC(N(C)C)CC1. The third-order valence-electron chi connectivity index (χ3n) is 4.46. The molecule has 0 radical (unpaired) electrons. The van der Waals surface area contributed by atoms with Gasteiger partial charge in [-0.05, 0) is 39.8 Å². The maximum absolute atomic E-state index is 12.4. The molecule has 4 nitrogen and oxygen atoms in total. The van der Waals surface area contributed by atoms with E-state index in [1.54, 1.807) is 0 Å². The van der Waals surface area contributed by atoms with E-state index in [0.717, 1.165) is 51.6 Å². The molecule has 0 bridgehead atoms. The van der Waals surface area contributed by atoms with Crippen LogP contribution in [0.4, 0.5) is 0 Å². The summed E-state index contributed by atoms with van der Waals surface area (Å²) in [4.78, 5) is 16.6. The Morgan fingerprint density at radius 2 is 1.70 bits per heavy atom. The molecule has 0 spiro atoms. The van der Waals surface area contributed by atoms with Crippen LogP contribution in [-0.4, -0.2) is 59.6 Å². The molecule has 0 aromatic heterocycles. The topological polar surface area (TPSA) is 43.8 Å². The molecule has 1 aliphatic rings. The standard InChI is InChI=1S/C16H32N2O2/c1-5-9-16(20,10-6-2)13-15(19)18-11-7-14(8-12-18)17(3)4/h14,20H,5-13H2,1-4H3. The molecule has 1 aliphatic heterocycles. The molecule has 0 unspecified atom stereocenters. The largest absolute Gasteiger partial charge is 0.389 e. The van der Waals surface area contributed by atoms with Crippen molar-refractivity contribution in [1.29, 1.82) is 0 Å². The summed E-state index contributed by atoms with van der Waals surface area (Å²) in [5.74, 6) is 0.131. The Labute approximate surface area is 124 Å².